The largest absolute Gasteiger partial charge is 0.369 e. The van der Waals surface area contributed by atoms with Crippen molar-refractivity contribution in [3.8, 4) is 0 Å². The Labute approximate surface area is 124 Å². The Hall–Kier alpha value is -1.62. The molecule has 0 atom stereocenters. The second-order valence-electron chi connectivity index (χ2n) is 5.41. The molecule has 0 aliphatic heterocycles. The van der Waals surface area contributed by atoms with Crippen LogP contribution in [0.5, 0.6) is 0 Å². The van der Waals surface area contributed by atoms with Crippen molar-refractivity contribution in [2.24, 2.45) is 0 Å². The average Bonchev–Trinajstić information content (AvgIpc) is 2.98. The molecule has 2 rings (SSSR count). The molecule has 2 heterocycles. The molecule has 0 fully saturated rings. The molecule has 0 bridgehead atoms. The first kappa shape index (κ1) is 14.8. The normalized spacial score (nSPS) is 11.3. The first-order chi connectivity index (χ1) is 9.62. The molecule has 0 aromatic carbocycles. The van der Waals surface area contributed by atoms with Gasteiger partial charge in [-0.1, -0.05) is 26.8 Å². The third kappa shape index (κ3) is 3.93. The molecule has 0 saturated carbocycles. The van der Waals surface area contributed by atoms with E-state index in [2.05, 4.69) is 58.9 Å². The monoisotopic (exact) mass is 290 g/mol. The molecule has 0 spiro atoms. The summed E-state index contributed by atoms with van der Waals surface area (Å²) in [5.41, 5.74) is 0.0934. The van der Waals surface area contributed by atoms with Crippen LogP contribution in [0.3, 0.4) is 0 Å². The van der Waals surface area contributed by atoms with Gasteiger partial charge in [0.05, 0.1) is 0 Å². The summed E-state index contributed by atoms with van der Waals surface area (Å²) in [5.74, 6) is 1.55. The molecule has 2 aromatic rings. The van der Waals surface area contributed by atoms with Gasteiger partial charge in [-0.25, -0.2) is 4.98 Å². The highest BCUT2D eigenvalue weighted by Crippen LogP contribution is 2.27. The van der Waals surface area contributed by atoms with E-state index in [4.69, 9.17) is 0 Å². The van der Waals surface area contributed by atoms with E-state index in [-0.39, 0.29) is 5.41 Å². The number of nitrogens with one attached hydrogen (secondary N) is 2. The van der Waals surface area contributed by atoms with Gasteiger partial charge in [-0.3, -0.25) is 0 Å². The summed E-state index contributed by atoms with van der Waals surface area (Å²) in [7, 11) is 0. The van der Waals surface area contributed by atoms with Crippen molar-refractivity contribution < 1.29 is 0 Å². The number of rotatable bonds is 7. The van der Waals surface area contributed by atoms with Gasteiger partial charge in [0.1, 0.15) is 5.82 Å². The molecule has 2 N–H and O–H groups in total. The summed E-state index contributed by atoms with van der Waals surface area (Å²) in [6.45, 7) is 8.34. The molecular weight excluding hydrogens is 268 g/mol. The summed E-state index contributed by atoms with van der Waals surface area (Å²) in [4.78, 5) is 10.1. The van der Waals surface area contributed by atoms with Gasteiger partial charge >= 0.3 is 0 Å². The zero-order valence-electron chi connectivity index (χ0n) is 12.3. The molecule has 0 saturated heterocycles. The lowest BCUT2D eigenvalue weighted by atomic mass is 9.91. The molecule has 0 radical (unpaired) electrons. The second-order valence-corrected chi connectivity index (χ2v) is 6.35. The number of hydrogen-bond acceptors (Lipinski definition) is 5. The van der Waals surface area contributed by atoms with E-state index in [1.54, 1.807) is 17.5 Å². The number of nitrogens with zero attached hydrogens (tertiary/aromatic N) is 2. The van der Waals surface area contributed by atoms with Gasteiger partial charge in [0.2, 0.25) is 5.95 Å². The van der Waals surface area contributed by atoms with E-state index in [0.717, 1.165) is 25.3 Å². The van der Waals surface area contributed by atoms with Crippen molar-refractivity contribution in [3.05, 3.63) is 34.7 Å². The fourth-order valence-corrected chi connectivity index (χ4v) is 2.69. The molecule has 0 amide bonds. The predicted molar refractivity (Wildman–Crippen MR) is 86.6 cm³/mol. The Bertz CT molecular complexity index is 522. The highest BCUT2D eigenvalue weighted by atomic mass is 32.1. The number of anilines is 2. The lowest BCUT2D eigenvalue weighted by Gasteiger charge is -2.24. The Morgan fingerprint density at radius 1 is 1.25 bits per heavy atom. The fourth-order valence-electron chi connectivity index (χ4n) is 1.84. The lowest BCUT2D eigenvalue weighted by Crippen LogP contribution is -2.27. The third-order valence-electron chi connectivity index (χ3n) is 3.09. The maximum atomic E-state index is 4.46. The fraction of sp³-hybridized carbons (Fsp3) is 0.467. The smallest absolute Gasteiger partial charge is 0.224 e. The molecule has 5 heteroatoms. The first-order valence-corrected chi connectivity index (χ1v) is 7.84. The Kier molecular flexibility index (Phi) is 4.95. The molecule has 20 heavy (non-hydrogen) atoms. The van der Waals surface area contributed by atoms with Crippen molar-refractivity contribution in [1.82, 2.24) is 9.97 Å². The van der Waals surface area contributed by atoms with Gasteiger partial charge in [0, 0.05) is 29.6 Å². The number of aromatic nitrogens is 2. The van der Waals surface area contributed by atoms with E-state index < -0.39 is 0 Å². The lowest BCUT2D eigenvalue weighted by molar-refractivity contribution is 0.568. The summed E-state index contributed by atoms with van der Waals surface area (Å²) < 4.78 is 0. The third-order valence-corrected chi connectivity index (χ3v) is 4.32. The van der Waals surface area contributed by atoms with E-state index >= 15 is 0 Å². The highest BCUT2D eigenvalue weighted by molar-refractivity contribution is 7.10. The van der Waals surface area contributed by atoms with Crippen LogP contribution in [0.1, 0.15) is 32.1 Å². The molecule has 0 aliphatic carbocycles. The van der Waals surface area contributed by atoms with Crippen molar-refractivity contribution in [2.45, 2.75) is 32.6 Å². The maximum absolute atomic E-state index is 4.46. The van der Waals surface area contributed by atoms with Gasteiger partial charge < -0.3 is 10.6 Å². The minimum atomic E-state index is 0.0934. The standard InChI is InChI=1S/C15H22N4S/c1-4-8-16-14-17-9-7-13(19-14)18-11-15(2,3)12-6-5-10-20-12/h5-7,9-10H,4,8,11H2,1-3H3,(H2,16,17,18,19). The van der Waals surface area contributed by atoms with Crippen molar-refractivity contribution >= 4 is 23.1 Å². The minimum Gasteiger partial charge on any atom is -0.369 e. The summed E-state index contributed by atoms with van der Waals surface area (Å²) in [6.07, 6.45) is 2.85. The van der Waals surface area contributed by atoms with Gasteiger partial charge in [0.25, 0.3) is 0 Å². The second kappa shape index (κ2) is 6.70. The number of thiophene rings is 1. The van der Waals surface area contributed by atoms with Crippen LogP contribution in [-0.2, 0) is 5.41 Å². The molecule has 0 unspecified atom stereocenters. The predicted octanol–water partition coefficient (Wildman–Crippen LogP) is 3.75. The van der Waals surface area contributed by atoms with Crippen LogP contribution in [0.2, 0.25) is 0 Å². The summed E-state index contributed by atoms with van der Waals surface area (Å²) in [5, 5.41) is 8.72. The topological polar surface area (TPSA) is 49.8 Å². The Balaban J connectivity index is 1.96. The van der Waals surface area contributed by atoms with E-state index in [1.807, 2.05) is 6.07 Å². The van der Waals surface area contributed by atoms with Crippen molar-refractivity contribution in [3.63, 3.8) is 0 Å². The number of hydrogen-bond donors (Lipinski definition) is 2. The summed E-state index contributed by atoms with van der Waals surface area (Å²) >= 11 is 1.79. The van der Waals surface area contributed by atoms with Crippen LogP contribution in [0, 0.1) is 0 Å². The van der Waals surface area contributed by atoms with Crippen LogP contribution in [-0.4, -0.2) is 23.1 Å². The van der Waals surface area contributed by atoms with Gasteiger partial charge in [-0.2, -0.15) is 4.98 Å². The Morgan fingerprint density at radius 2 is 2.10 bits per heavy atom. The average molecular weight is 290 g/mol. The highest BCUT2D eigenvalue weighted by Gasteiger charge is 2.21. The minimum absolute atomic E-state index is 0.0934. The SMILES string of the molecule is CCCNc1nccc(NCC(C)(C)c2cccs2)n1. The zero-order valence-corrected chi connectivity index (χ0v) is 13.1. The van der Waals surface area contributed by atoms with Gasteiger partial charge in [-0.15, -0.1) is 11.3 Å². The van der Waals surface area contributed by atoms with Crippen LogP contribution in [0.25, 0.3) is 0 Å². The molecular formula is C15H22N4S. The van der Waals surface area contributed by atoms with Gasteiger partial charge in [-0.05, 0) is 23.9 Å². The Morgan fingerprint density at radius 3 is 2.80 bits per heavy atom. The first-order valence-electron chi connectivity index (χ1n) is 6.96. The molecule has 4 nitrogen and oxygen atoms in total. The van der Waals surface area contributed by atoms with Gasteiger partial charge in [0.15, 0.2) is 0 Å². The van der Waals surface area contributed by atoms with Crippen LogP contribution in [0.15, 0.2) is 29.8 Å². The quantitative estimate of drug-likeness (QED) is 0.815. The summed E-state index contributed by atoms with van der Waals surface area (Å²) in [6, 6.07) is 6.18. The van der Waals surface area contributed by atoms with E-state index in [9.17, 15) is 0 Å². The van der Waals surface area contributed by atoms with Crippen molar-refractivity contribution in [2.75, 3.05) is 23.7 Å². The van der Waals surface area contributed by atoms with Crippen LogP contribution >= 0.6 is 11.3 Å². The van der Waals surface area contributed by atoms with E-state index in [1.165, 1.54) is 4.88 Å². The molecule has 108 valence electrons. The molecule has 2 aromatic heterocycles. The maximum Gasteiger partial charge on any atom is 0.224 e. The van der Waals surface area contributed by atoms with Crippen LogP contribution < -0.4 is 10.6 Å². The zero-order chi connectivity index (χ0) is 14.4. The molecule has 0 aliphatic rings. The van der Waals surface area contributed by atoms with Crippen molar-refractivity contribution in [1.29, 1.82) is 0 Å². The van der Waals surface area contributed by atoms with Crippen LogP contribution in [0.4, 0.5) is 11.8 Å². The van der Waals surface area contributed by atoms with E-state index in [0.29, 0.717) is 5.95 Å².